The number of hydrogen-bond donors (Lipinski definition) is 3. The monoisotopic (exact) mass is 380 g/mol. The van der Waals surface area contributed by atoms with Crippen LogP contribution in [0.15, 0.2) is 65.7 Å². The van der Waals surface area contributed by atoms with E-state index in [1.165, 1.54) is 11.1 Å². The van der Waals surface area contributed by atoms with E-state index in [1.807, 2.05) is 32.9 Å². The first-order valence-corrected chi connectivity index (χ1v) is 9.74. The number of nitrogens with zero attached hydrogens (tertiary/aromatic N) is 1. The third-order valence-corrected chi connectivity index (χ3v) is 4.49. The Labute approximate surface area is 168 Å². The van der Waals surface area contributed by atoms with Crippen molar-refractivity contribution in [3.8, 4) is 0 Å². The highest BCUT2D eigenvalue weighted by molar-refractivity contribution is 5.81. The number of nitrogens with one attached hydrogen (secondary N) is 3. The number of guanidine groups is 1. The van der Waals surface area contributed by atoms with Gasteiger partial charge in [0.2, 0.25) is 5.91 Å². The molecule has 2 aromatic carbocycles. The molecule has 2 aromatic rings. The van der Waals surface area contributed by atoms with Gasteiger partial charge in [-0.15, -0.1) is 0 Å². The zero-order valence-corrected chi connectivity index (χ0v) is 17.3. The molecule has 0 atom stereocenters. The average molecular weight is 381 g/mol. The Morgan fingerprint density at radius 2 is 1.36 bits per heavy atom. The molecule has 5 nitrogen and oxygen atoms in total. The highest BCUT2D eigenvalue weighted by Gasteiger charge is 2.20. The summed E-state index contributed by atoms with van der Waals surface area (Å²) in [5, 5.41) is 9.60. The predicted molar refractivity (Wildman–Crippen MR) is 117 cm³/mol. The molecule has 0 saturated carbocycles. The van der Waals surface area contributed by atoms with Crippen LogP contribution >= 0.6 is 0 Å². The zero-order chi connectivity index (χ0) is 20.4. The van der Waals surface area contributed by atoms with Crippen molar-refractivity contribution in [3.63, 3.8) is 0 Å². The van der Waals surface area contributed by atoms with Crippen molar-refractivity contribution in [2.24, 2.45) is 10.4 Å². The van der Waals surface area contributed by atoms with Crippen molar-refractivity contribution in [3.05, 3.63) is 71.8 Å². The molecule has 0 aromatic heterocycles. The normalized spacial score (nSPS) is 12.0. The minimum atomic E-state index is -0.376. The van der Waals surface area contributed by atoms with Crippen molar-refractivity contribution < 1.29 is 4.79 Å². The lowest BCUT2D eigenvalue weighted by Gasteiger charge is -2.21. The van der Waals surface area contributed by atoms with E-state index in [4.69, 9.17) is 0 Å². The first-order valence-electron chi connectivity index (χ1n) is 9.74. The summed E-state index contributed by atoms with van der Waals surface area (Å²) in [5.74, 6) is 0.994. The van der Waals surface area contributed by atoms with Crippen LogP contribution in [-0.4, -0.2) is 38.5 Å². The molecule has 0 bridgehead atoms. The van der Waals surface area contributed by atoms with Crippen LogP contribution in [0.25, 0.3) is 0 Å². The summed E-state index contributed by atoms with van der Waals surface area (Å²) in [6.07, 6.45) is 0. The highest BCUT2D eigenvalue weighted by Crippen LogP contribution is 2.23. The summed E-state index contributed by atoms with van der Waals surface area (Å²) in [7, 11) is 1.75. The fourth-order valence-electron chi connectivity index (χ4n) is 2.84. The minimum absolute atomic E-state index is 0.0467. The summed E-state index contributed by atoms with van der Waals surface area (Å²) in [6.45, 7) is 7.61. The Hall–Kier alpha value is -2.82. The molecule has 0 fully saturated rings. The third-order valence-electron chi connectivity index (χ3n) is 4.49. The van der Waals surface area contributed by atoms with Gasteiger partial charge in [-0.25, -0.2) is 0 Å². The first kappa shape index (κ1) is 21.5. The number of benzene rings is 2. The second kappa shape index (κ2) is 10.5. The van der Waals surface area contributed by atoms with E-state index in [9.17, 15) is 4.79 Å². The molecule has 0 spiro atoms. The molecular formula is C23H32N4O. The maximum atomic E-state index is 11.9. The minimum Gasteiger partial charge on any atom is -0.355 e. The fourth-order valence-corrected chi connectivity index (χ4v) is 2.84. The predicted octanol–water partition coefficient (Wildman–Crippen LogP) is 3.15. The van der Waals surface area contributed by atoms with Crippen LogP contribution in [0.4, 0.5) is 0 Å². The zero-order valence-electron chi connectivity index (χ0n) is 17.3. The Balaban J connectivity index is 1.91. The summed E-state index contributed by atoms with van der Waals surface area (Å²) >= 11 is 0. The third kappa shape index (κ3) is 6.72. The number of amides is 1. The lowest BCUT2D eigenvalue weighted by Crippen LogP contribution is -2.44. The molecule has 0 aliphatic carbocycles. The van der Waals surface area contributed by atoms with Crippen LogP contribution in [0.3, 0.4) is 0 Å². The van der Waals surface area contributed by atoms with Gasteiger partial charge in [-0.05, 0) is 11.1 Å². The van der Waals surface area contributed by atoms with Gasteiger partial charge in [0, 0.05) is 38.0 Å². The van der Waals surface area contributed by atoms with Gasteiger partial charge in [-0.1, -0.05) is 81.4 Å². The summed E-state index contributed by atoms with van der Waals surface area (Å²) in [6, 6.07) is 20.9. The molecule has 0 heterocycles. The van der Waals surface area contributed by atoms with E-state index in [-0.39, 0.29) is 17.2 Å². The van der Waals surface area contributed by atoms with Crippen LogP contribution in [0.1, 0.15) is 37.8 Å². The van der Waals surface area contributed by atoms with Gasteiger partial charge < -0.3 is 16.0 Å². The molecule has 1 amide bonds. The van der Waals surface area contributed by atoms with Crippen LogP contribution < -0.4 is 16.0 Å². The highest BCUT2D eigenvalue weighted by atomic mass is 16.2. The van der Waals surface area contributed by atoms with Gasteiger partial charge in [0.05, 0.1) is 0 Å². The smallest absolute Gasteiger partial charge is 0.225 e. The van der Waals surface area contributed by atoms with Crippen molar-refractivity contribution in [1.82, 2.24) is 16.0 Å². The molecule has 0 radical (unpaired) electrons. The van der Waals surface area contributed by atoms with Gasteiger partial charge in [0.1, 0.15) is 0 Å². The number of carbonyl (C=O) groups is 1. The fraction of sp³-hybridized carbons (Fsp3) is 0.391. The molecule has 0 saturated heterocycles. The summed E-state index contributed by atoms with van der Waals surface area (Å²) in [5.41, 5.74) is 2.14. The molecular weight excluding hydrogens is 348 g/mol. The molecule has 0 aliphatic rings. The molecule has 2 rings (SSSR count). The lowest BCUT2D eigenvalue weighted by molar-refractivity contribution is -0.128. The van der Waals surface area contributed by atoms with E-state index in [2.05, 4.69) is 69.5 Å². The van der Waals surface area contributed by atoms with E-state index < -0.39 is 0 Å². The number of hydrogen-bond acceptors (Lipinski definition) is 2. The van der Waals surface area contributed by atoms with Crippen molar-refractivity contribution in [2.75, 3.05) is 26.7 Å². The summed E-state index contributed by atoms with van der Waals surface area (Å²) in [4.78, 5) is 16.2. The SMILES string of the molecule is CN=C(NCCNC(=O)C(C)(C)C)NCC(c1ccccc1)c1ccccc1. The molecule has 0 unspecified atom stereocenters. The second-order valence-corrected chi connectivity index (χ2v) is 7.76. The van der Waals surface area contributed by atoms with E-state index in [0.29, 0.717) is 13.1 Å². The Bertz CT molecular complexity index is 712. The van der Waals surface area contributed by atoms with Crippen LogP contribution in [0.5, 0.6) is 0 Å². The van der Waals surface area contributed by atoms with Gasteiger partial charge in [-0.2, -0.15) is 0 Å². The molecule has 3 N–H and O–H groups in total. The topological polar surface area (TPSA) is 65.5 Å². The van der Waals surface area contributed by atoms with Crippen LogP contribution in [0.2, 0.25) is 0 Å². The van der Waals surface area contributed by atoms with Crippen molar-refractivity contribution >= 4 is 11.9 Å². The van der Waals surface area contributed by atoms with Gasteiger partial charge in [-0.3, -0.25) is 9.79 Å². The first-order chi connectivity index (χ1) is 13.4. The average Bonchev–Trinajstić information content (AvgIpc) is 2.70. The Morgan fingerprint density at radius 1 is 0.857 bits per heavy atom. The molecule has 150 valence electrons. The quantitative estimate of drug-likeness (QED) is 0.393. The Kier molecular flexibility index (Phi) is 8.05. The second-order valence-electron chi connectivity index (χ2n) is 7.76. The maximum absolute atomic E-state index is 11.9. The van der Waals surface area contributed by atoms with E-state index in [1.54, 1.807) is 7.05 Å². The van der Waals surface area contributed by atoms with Crippen LogP contribution in [0, 0.1) is 5.41 Å². The van der Waals surface area contributed by atoms with E-state index in [0.717, 1.165) is 12.5 Å². The number of carbonyl (C=O) groups excluding carboxylic acids is 1. The molecule has 5 heteroatoms. The van der Waals surface area contributed by atoms with Crippen molar-refractivity contribution in [2.45, 2.75) is 26.7 Å². The number of aliphatic imine (C=N–C) groups is 1. The molecule has 0 aliphatic heterocycles. The van der Waals surface area contributed by atoms with E-state index >= 15 is 0 Å². The van der Waals surface area contributed by atoms with Gasteiger partial charge >= 0.3 is 0 Å². The van der Waals surface area contributed by atoms with Crippen LogP contribution in [-0.2, 0) is 4.79 Å². The Morgan fingerprint density at radius 3 is 1.82 bits per heavy atom. The standard InChI is InChI=1S/C23H32N4O/c1-23(2,3)21(28)25-15-16-26-22(24-4)27-17-20(18-11-7-5-8-12-18)19-13-9-6-10-14-19/h5-14,20H,15-17H2,1-4H3,(H,25,28)(H2,24,26,27). The van der Waals surface area contributed by atoms with Gasteiger partial charge in [0.15, 0.2) is 5.96 Å². The van der Waals surface area contributed by atoms with Gasteiger partial charge in [0.25, 0.3) is 0 Å². The van der Waals surface area contributed by atoms with Crippen molar-refractivity contribution in [1.29, 1.82) is 0 Å². The largest absolute Gasteiger partial charge is 0.355 e. The number of rotatable bonds is 7. The summed E-state index contributed by atoms with van der Waals surface area (Å²) < 4.78 is 0. The lowest BCUT2D eigenvalue weighted by atomic mass is 9.91. The maximum Gasteiger partial charge on any atom is 0.225 e. The molecule has 28 heavy (non-hydrogen) atoms.